The Hall–Kier alpha value is -2.08. The first-order chi connectivity index (χ1) is 12.2. The van der Waals surface area contributed by atoms with Gasteiger partial charge in [-0.15, -0.1) is 0 Å². The highest BCUT2D eigenvalue weighted by Gasteiger charge is 2.34. The van der Waals surface area contributed by atoms with Crippen molar-refractivity contribution in [1.29, 1.82) is 0 Å². The molecule has 0 bridgehead atoms. The molecule has 1 aromatic carbocycles. The summed E-state index contributed by atoms with van der Waals surface area (Å²) in [6.07, 6.45) is 2.18. The molecule has 140 valence electrons. The summed E-state index contributed by atoms with van der Waals surface area (Å²) in [4.78, 5) is 34.5. The van der Waals surface area contributed by atoms with Crippen LogP contribution in [0.4, 0.5) is 4.79 Å². The Bertz CT molecular complexity index is 825. The number of rotatable bonds is 3. The van der Waals surface area contributed by atoms with E-state index in [1.807, 2.05) is 26.8 Å². The van der Waals surface area contributed by atoms with E-state index in [0.29, 0.717) is 23.8 Å². The normalized spacial score (nSPS) is 18.2. The van der Waals surface area contributed by atoms with E-state index in [9.17, 15) is 9.59 Å². The van der Waals surface area contributed by atoms with E-state index in [4.69, 9.17) is 16.3 Å². The zero-order valence-electron chi connectivity index (χ0n) is 15.3. The highest BCUT2D eigenvalue weighted by atomic mass is 35.5. The average molecular weight is 378 g/mol. The van der Waals surface area contributed by atoms with E-state index in [2.05, 4.69) is 9.97 Å². The minimum Gasteiger partial charge on any atom is -0.444 e. The molecule has 26 heavy (non-hydrogen) atoms. The number of carbonyl (C=O) groups excluding carboxylic acids is 2. The van der Waals surface area contributed by atoms with Gasteiger partial charge in [-0.1, -0.05) is 11.6 Å². The van der Waals surface area contributed by atoms with Crippen molar-refractivity contribution in [2.45, 2.75) is 58.1 Å². The van der Waals surface area contributed by atoms with Crippen molar-refractivity contribution in [2.75, 3.05) is 6.54 Å². The van der Waals surface area contributed by atoms with Gasteiger partial charge in [0.05, 0.1) is 23.5 Å². The van der Waals surface area contributed by atoms with Crippen LogP contribution in [0.5, 0.6) is 0 Å². The number of nitrogens with zero attached hydrogens (tertiary/aromatic N) is 2. The first kappa shape index (κ1) is 18.7. The van der Waals surface area contributed by atoms with Crippen LogP contribution in [0.1, 0.15) is 45.9 Å². The van der Waals surface area contributed by atoms with Crippen LogP contribution < -0.4 is 0 Å². The van der Waals surface area contributed by atoms with Crippen LogP contribution in [0.15, 0.2) is 18.2 Å². The lowest BCUT2D eigenvalue weighted by molar-refractivity contribution is -0.124. The number of H-pyrrole nitrogens is 1. The molecule has 0 aliphatic carbocycles. The highest BCUT2D eigenvalue weighted by Crippen LogP contribution is 2.23. The fraction of sp³-hybridized carbons (Fsp3) is 0.526. The Balaban J connectivity index is 1.74. The van der Waals surface area contributed by atoms with Gasteiger partial charge in [0.25, 0.3) is 0 Å². The molecule has 1 amide bonds. The summed E-state index contributed by atoms with van der Waals surface area (Å²) in [5, 5.41) is 0.613. The lowest BCUT2D eigenvalue weighted by Crippen LogP contribution is -2.50. The summed E-state index contributed by atoms with van der Waals surface area (Å²) in [6.45, 7) is 6.02. The number of halogens is 1. The van der Waals surface area contributed by atoms with E-state index >= 15 is 0 Å². The Morgan fingerprint density at radius 2 is 2.12 bits per heavy atom. The number of piperidine rings is 1. The number of benzene rings is 1. The van der Waals surface area contributed by atoms with Crippen molar-refractivity contribution >= 4 is 34.5 Å². The lowest BCUT2D eigenvalue weighted by Gasteiger charge is -2.35. The Morgan fingerprint density at radius 1 is 1.35 bits per heavy atom. The number of ketones is 1. The van der Waals surface area contributed by atoms with E-state index in [1.54, 1.807) is 17.0 Å². The quantitative estimate of drug-likeness (QED) is 0.873. The van der Waals surface area contributed by atoms with Gasteiger partial charge in [-0.25, -0.2) is 9.78 Å². The molecule has 6 nitrogen and oxygen atoms in total. The van der Waals surface area contributed by atoms with Gasteiger partial charge in [0.1, 0.15) is 11.4 Å². The molecule has 0 radical (unpaired) electrons. The number of carbonyl (C=O) groups is 2. The number of hydrogen-bond donors (Lipinski definition) is 1. The third-order valence-electron chi connectivity index (χ3n) is 4.34. The largest absolute Gasteiger partial charge is 0.444 e. The maximum atomic E-state index is 12.9. The number of Topliss-reactive ketones (excluding diaryl/α,β-unsaturated/α-hetero) is 1. The molecule has 7 heteroatoms. The fourth-order valence-corrected chi connectivity index (χ4v) is 3.38. The molecule has 2 heterocycles. The van der Waals surface area contributed by atoms with Gasteiger partial charge >= 0.3 is 6.09 Å². The summed E-state index contributed by atoms with van der Waals surface area (Å²) >= 11 is 5.99. The summed E-state index contributed by atoms with van der Waals surface area (Å²) in [5.74, 6) is 0.558. The van der Waals surface area contributed by atoms with E-state index in [0.717, 1.165) is 23.9 Å². The van der Waals surface area contributed by atoms with Crippen molar-refractivity contribution in [3.63, 3.8) is 0 Å². The van der Waals surface area contributed by atoms with Gasteiger partial charge in [0.2, 0.25) is 0 Å². The smallest absolute Gasteiger partial charge is 0.410 e. The van der Waals surface area contributed by atoms with E-state index < -0.39 is 17.7 Å². The number of nitrogens with one attached hydrogen (secondary N) is 1. The minimum absolute atomic E-state index is 0.0271. The molecule has 1 aliphatic rings. The molecule has 0 spiro atoms. The third-order valence-corrected chi connectivity index (χ3v) is 4.57. The van der Waals surface area contributed by atoms with Gasteiger partial charge in [-0.05, 0) is 58.2 Å². The number of ether oxygens (including phenoxy) is 1. The molecule has 1 aromatic heterocycles. The van der Waals surface area contributed by atoms with Crippen LogP contribution in [-0.4, -0.2) is 44.9 Å². The van der Waals surface area contributed by atoms with Gasteiger partial charge in [-0.3, -0.25) is 9.69 Å². The zero-order chi connectivity index (χ0) is 18.9. The third kappa shape index (κ3) is 4.36. The first-order valence-corrected chi connectivity index (χ1v) is 9.27. The van der Waals surface area contributed by atoms with E-state index in [1.165, 1.54) is 0 Å². The van der Waals surface area contributed by atoms with Gasteiger partial charge in [0, 0.05) is 11.6 Å². The summed E-state index contributed by atoms with van der Waals surface area (Å²) in [5.41, 5.74) is 0.984. The Kier molecular flexibility index (Phi) is 5.23. The summed E-state index contributed by atoms with van der Waals surface area (Å²) in [7, 11) is 0. The fourth-order valence-electron chi connectivity index (χ4n) is 3.21. The number of likely N-dealkylation sites (tertiary alicyclic amines) is 1. The van der Waals surface area contributed by atoms with Crippen molar-refractivity contribution in [3.05, 3.63) is 29.0 Å². The summed E-state index contributed by atoms with van der Waals surface area (Å²) < 4.78 is 5.47. The van der Waals surface area contributed by atoms with Crippen molar-refractivity contribution in [3.8, 4) is 0 Å². The molecule has 1 fully saturated rings. The second-order valence-electron chi connectivity index (χ2n) is 7.67. The number of hydrogen-bond acceptors (Lipinski definition) is 4. The predicted octanol–water partition coefficient (Wildman–Crippen LogP) is 4.12. The van der Waals surface area contributed by atoms with Crippen LogP contribution in [0.25, 0.3) is 11.0 Å². The molecule has 0 saturated carbocycles. The number of aromatic nitrogens is 2. The zero-order valence-corrected chi connectivity index (χ0v) is 16.1. The average Bonchev–Trinajstić information content (AvgIpc) is 2.94. The number of fused-ring (bicyclic) bond motifs is 1. The first-order valence-electron chi connectivity index (χ1n) is 8.89. The van der Waals surface area contributed by atoms with Crippen LogP contribution in [0, 0.1) is 0 Å². The van der Waals surface area contributed by atoms with E-state index in [-0.39, 0.29) is 12.2 Å². The molecule has 1 N–H and O–H groups in total. The second-order valence-corrected chi connectivity index (χ2v) is 8.11. The number of amides is 1. The van der Waals surface area contributed by atoms with Crippen LogP contribution in [-0.2, 0) is 16.0 Å². The topological polar surface area (TPSA) is 75.3 Å². The molecule has 0 unspecified atom stereocenters. The van der Waals surface area contributed by atoms with Gasteiger partial charge in [0.15, 0.2) is 5.78 Å². The minimum atomic E-state index is -0.583. The number of aromatic amines is 1. The van der Waals surface area contributed by atoms with Crippen molar-refractivity contribution < 1.29 is 14.3 Å². The summed E-state index contributed by atoms with van der Waals surface area (Å²) in [6, 6.07) is 4.90. The van der Waals surface area contributed by atoms with Crippen molar-refractivity contribution in [1.82, 2.24) is 14.9 Å². The van der Waals surface area contributed by atoms with Crippen LogP contribution >= 0.6 is 11.6 Å². The molecule has 2 aromatic rings. The van der Waals surface area contributed by atoms with Crippen LogP contribution in [0.2, 0.25) is 5.02 Å². The Morgan fingerprint density at radius 3 is 2.85 bits per heavy atom. The number of imidazole rings is 1. The standard InChI is InChI=1S/C19H24ClN3O3/c1-19(2,3)26-18(25)23-9-5-4-6-15(23)16(24)11-17-21-13-8-7-12(20)10-14(13)22-17/h7-8,10,15H,4-6,9,11H2,1-3H3,(H,21,22)/t15-/m0/s1. The van der Waals surface area contributed by atoms with Gasteiger partial charge in [-0.2, -0.15) is 0 Å². The molecule has 1 atom stereocenters. The maximum Gasteiger partial charge on any atom is 0.410 e. The molecule has 1 saturated heterocycles. The molecular weight excluding hydrogens is 354 g/mol. The van der Waals surface area contributed by atoms with Gasteiger partial charge < -0.3 is 9.72 Å². The van der Waals surface area contributed by atoms with Crippen LogP contribution in [0.3, 0.4) is 0 Å². The molecular formula is C19H24ClN3O3. The highest BCUT2D eigenvalue weighted by molar-refractivity contribution is 6.31. The second kappa shape index (κ2) is 7.27. The molecule has 1 aliphatic heterocycles. The monoisotopic (exact) mass is 377 g/mol. The predicted molar refractivity (Wildman–Crippen MR) is 100 cm³/mol. The molecule has 3 rings (SSSR count). The lowest BCUT2D eigenvalue weighted by atomic mass is 9.97. The SMILES string of the molecule is CC(C)(C)OC(=O)N1CCCC[C@H]1C(=O)Cc1nc2ccc(Cl)cc2[nH]1. The van der Waals surface area contributed by atoms with Crippen molar-refractivity contribution in [2.24, 2.45) is 0 Å². The maximum absolute atomic E-state index is 12.9. The Labute approximate surface area is 157 Å².